The van der Waals surface area contributed by atoms with Crippen molar-refractivity contribution in [2.75, 3.05) is 0 Å². The van der Waals surface area contributed by atoms with Crippen molar-refractivity contribution in [1.29, 1.82) is 0 Å². The molecule has 0 radical (unpaired) electrons. The van der Waals surface area contributed by atoms with Crippen LogP contribution in [0, 0.1) is 0 Å². The molecule has 0 N–H and O–H groups in total. The van der Waals surface area contributed by atoms with Crippen LogP contribution in [0.15, 0.2) is 30.3 Å². The van der Waals surface area contributed by atoms with E-state index < -0.39 is 0 Å². The zero-order valence-corrected chi connectivity index (χ0v) is 12.9. The predicted octanol–water partition coefficient (Wildman–Crippen LogP) is 0.984. The Morgan fingerprint density at radius 2 is 1.77 bits per heavy atom. The summed E-state index contributed by atoms with van der Waals surface area (Å²) in [6.07, 6.45) is 0. The molecular weight excluding hydrogens is 204 g/mol. The maximum atomic E-state index is 2.52. The van der Waals surface area contributed by atoms with Gasteiger partial charge in [-0.3, -0.25) is 0 Å². The van der Waals surface area contributed by atoms with E-state index in [1.54, 1.807) is 5.56 Å². The second-order valence-electron chi connectivity index (χ2n) is 4.28. The number of benzene rings is 1. The lowest BCUT2D eigenvalue weighted by Crippen LogP contribution is -2.24. The summed E-state index contributed by atoms with van der Waals surface area (Å²) in [5.41, 5.74) is 2.54. The minimum Gasteiger partial charge on any atom is -0.0748 e. The molecular formula is C10H20Si3. The van der Waals surface area contributed by atoms with Crippen molar-refractivity contribution in [2.45, 2.75) is 25.6 Å². The van der Waals surface area contributed by atoms with E-state index >= 15 is 0 Å². The molecule has 0 fully saturated rings. The van der Waals surface area contributed by atoms with Crippen LogP contribution >= 0.6 is 0 Å². The number of rotatable bonds is 4. The van der Waals surface area contributed by atoms with Gasteiger partial charge in [-0.25, -0.2) is 0 Å². The molecule has 0 aromatic heterocycles. The van der Waals surface area contributed by atoms with Gasteiger partial charge in [-0.05, 0) is 11.1 Å². The summed E-state index contributed by atoms with van der Waals surface area (Å²) >= 11 is 0. The minimum atomic E-state index is -0.150. The second-order valence-corrected chi connectivity index (χ2v) is 23.0. The Balaban J connectivity index is 2.44. The van der Waals surface area contributed by atoms with Gasteiger partial charge in [0.05, 0.1) is 0 Å². The maximum Gasteiger partial charge on any atom is 0.0149 e. The highest BCUT2D eigenvalue weighted by Crippen LogP contribution is 2.12. The summed E-state index contributed by atoms with van der Waals surface area (Å²) in [6, 6.07) is 11.1. The first kappa shape index (κ1) is 10.9. The van der Waals surface area contributed by atoms with Crippen molar-refractivity contribution in [1.82, 2.24) is 0 Å². The van der Waals surface area contributed by atoms with Crippen LogP contribution in [0.25, 0.3) is 0 Å². The highest BCUT2D eigenvalue weighted by Gasteiger charge is 2.06. The van der Waals surface area contributed by atoms with Gasteiger partial charge < -0.3 is 0 Å². The van der Waals surface area contributed by atoms with Crippen LogP contribution in [0.5, 0.6) is 0 Å². The molecule has 72 valence electrons. The molecule has 3 heteroatoms. The fourth-order valence-corrected chi connectivity index (χ4v) is 18.3. The molecule has 1 rings (SSSR count). The first-order chi connectivity index (χ1) is 6.20. The van der Waals surface area contributed by atoms with E-state index in [9.17, 15) is 0 Å². The van der Waals surface area contributed by atoms with E-state index in [1.165, 1.54) is 0 Å². The highest BCUT2D eigenvalue weighted by molar-refractivity contribution is 7.35. The van der Waals surface area contributed by atoms with Crippen molar-refractivity contribution in [2.24, 2.45) is 0 Å². The lowest BCUT2D eigenvalue weighted by atomic mass is 10.2. The standard InChI is InChI=1S/C10H20Si3/c1-9(11-12-13(2)3)10-7-5-4-6-8-10/h4-9,13H,11-12H2,1-3H3. The molecule has 0 saturated heterocycles. The Hall–Kier alpha value is -0.129. The summed E-state index contributed by atoms with van der Waals surface area (Å²) < 4.78 is 0. The van der Waals surface area contributed by atoms with E-state index in [0.29, 0.717) is 17.6 Å². The van der Waals surface area contributed by atoms with Crippen LogP contribution < -0.4 is 0 Å². The first-order valence-electron chi connectivity index (χ1n) is 5.25. The third kappa shape index (κ3) is 4.06. The van der Waals surface area contributed by atoms with Crippen molar-refractivity contribution < 1.29 is 0 Å². The Labute approximate surface area is 87.6 Å². The Kier molecular flexibility index (Phi) is 4.69. The van der Waals surface area contributed by atoms with Gasteiger partial charge >= 0.3 is 0 Å². The van der Waals surface area contributed by atoms with Crippen molar-refractivity contribution in [3.8, 4) is 0 Å². The predicted molar refractivity (Wildman–Crippen MR) is 70.8 cm³/mol. The molecule has 0 bridgehead atoms. The largest absolute Gasteiger partial charge is 0.0748 e. The molecule has 1 aromatic rings. The monoisotopic (exact) mass is 224 g/mol. The van der Waals surface area contributed by atoms with Gasteiger partial charge in [0.25, 0.3) is 0 Å². The van der Waals surface area contributed by atoms with Crippen molar-refractivity contribution in [3.05, 3.63) is 35.9 Å². The number of hydrogen-bond donors (Lipinski definition) is 0. The van der Waals surface area contributed by atoms with Gasteiger partial charge in [0.1, 0.15) is 0 Å². The van der Waals surface area contributed by atoms with Crippen LogP contribution in [0.1, 0.15) is 18.0 Å². The van der Waals surface area contributed by atoms with Crippen LogP contribution in [0.4, 0.5) is 0 Å². The number of hydrogen-bond acceptors (Lipinski definition) is 0. The van der Waals surface area contributed by atoms with E-state index in [0.717, 1.165) is 5.54 Å². The summed E-state index contributed by atoms with van der Waals surface area (Å²) in [7, 11) is 0.574. The van der Waals surface area contributed by atoms with Crippen LogP contribution in [0.3, 0.4) is 0 Å². The zero-order chi connectivity index (χ0) is 9.68. The Morgan fingerprint density at radius 3 is 2.31 bits per heavy atom. The summed E-state index contributed by atoms with van der Waals surface area (Å²) in [6.45, 7) is 7.49. The summed E-state index contributed by atoms with van der Waals surface area (Å²) in [5, 5.41) is 0. The molecule has 0 aliphatic heterocycles. The van der Waals surface area contributed by atoms with Crippen molar-refractivity contribution in [3.63, 3.8) is 0 Å². The quantitative estimate of drug-likeness (QED) is 0.669. The molecule has 0 nitrogen and oxygen atoms in total. The van der Waals surface area contributed by atoms with Crippen molar-refractivity contribution >= 4 is 25.9 Å². The van der Waals surface area contributed by atoms with E-state index in [-0.39, 0.29) is 8.31 Å². The lowest BCUT2D eigenvalue weighted by molar-refractivity contribution is 1.08. The van der Waals surface area contributed by atoms with Crippen LogP contribution in [-0.4, -0.2) is 25.9 Å². The molecule has 13 heavy (non-hydrogen) atoms. The molecule has 0 amide bonds. The fourth-order valence-electron chi connectivity index (χ4n) is 1.53. The fraction of sp³-hybridized carbons (Fsp3) is 0.400. The molecule has 0 heterocycles. The molecule has 0 saturated carbocycles. The molecule has 1 atom stereocenters. The highest BCUT2D eigenvalue weighted by atomic mass is 29.5. The molecule has 1 aromatic carbocycles. The third-order valence-electron chi connectivity index (χ3n) is 2.55. The molecule has 1 unspecified atom stereocenters. The van der Waals surface area contributed by atoms with Gasteiger partial charge in [-0.15, -0.1) is 0 Å². The van der Waals surface area contributed by atoms with Gasteiger partial charge in [0.15, 0.2) is 0 Å². The van der Waals surface area contributed by atoms with Gasteiger partial charge in [-0.2, -0.15) is 0 Å². The Bertz CT molecular complexity index is 233. The van der Waals surface area contributed by atoms with E-state index in [4.69, 9.17) is 0 Å². The van der Waals surface area contributed by atoms with Crippen LogP contribution in [-0.2, 0) is 0 Å². The minimum absolute atomic E-state index is 0.150. The van der Waals surface area contributed by atoms with Crippen LogP contribution in [0.2, 0.25) is 13.1 Å². The lowest BCUT2D eigenvalue weighted by Gasteiger charge is -2.11. The summed E-state index contributed by atoms with van der Waals surface area (Å²) in [5.74, 6) is 0. The van der Waals surface area contributed by atoms with E-state index in [2.05, 4.69) is 50.3 Å². The first-order valence-corrected chi connectivity index (χ1v) is 15.6. The average molecular weight is 225 g/mol. The summed E-state index contributed by atoms with van der Waals surface area (Å²) in [4.78, 5) is 0. The maximum absolute atomic E-state index is 2.52. The molecule has 0 aliphatic rings. The topological polar surface area (TPSA) is 0 Å². The Morgan fingerprint density at radius 1 is 1.15 bits per heavy atom. The zero-order valence-electron chi connectivity index (χ0n) is 8.96. The normalized spacial score (nSPS) is 15.1. The van der Waals surface area contributed by atoms with Gasteiger partial charge in [-0.1, -0.05) is 50.3 Å². The smallest absolute Gasteiger partial charge is 0.0149 e. The van der Waals surface area contributed by atoms with Gasteiger partial charge in [0, 0.05) is 25.9 Å². The average Bonchev–Trinajstić information content (AvgIpc) is 2.15. The molecule has 0 spiro atoms. The van der Waals surface area contributed by atoms with Gasteiger partial charge in [0.2, 0.25) is 0 Å². The van der Waals surface area contributed by atoms with E-state index in [1.807, 2.05) is 0 Å². The third-order valence-corrected chi connectivity index (χ3v) is 25.8. The second kappa shape index (κ2) is 5.57. The molecule has 0 aliphatic carbocycles. The SMILES string of the molecule is CC([SiH2][SiH2][SiH](C)C)c1ccccc1.